The number of rotatable bonds is 4. The lowest BCUT2D eigenvalue weighted by molar-refractivity contribution is -0.128. The first-order valence-corrected chi connectivity index (χ1v) is 9.69. The Bertz CT molecular complexity index is 842. The van der Waals surface area contributed by atoms with E-state index in [2.05, 4.69) is 0 Å². The molecule has 3 aliphatic carbocycles. The average molecular weight is 372 g/mol. The largest absolute Gasteiger partial charge is 0.324 e. The predicted octanol–water partition coefficient (Wildman–Crippen LogP) is 5.17. The normalized spacial score (nSPS) is 27.5. The summed E-state index contributed by atoms with van der Waals surface area (Å²) in [6.07, 6.45) is 5.03. The van der Waals surface area contributed by atoms with Crippen LogP contribution in [0.2, 0.25) is 5.02 Å². The van der Waals surface area contributed by atoms with Gasteiger partial charge in [0.25, 0.3) is 0 Å². The lowest BCUT2D eigenvalue weighted by Gasteiger charge is -2.49. The van der Waals surface area contributed by atoms with Crippen molar-refractivity contribution in [2.45, 2.75) is 44.1 Å². The van der Waals surface area contributed by atoms with Crippen LogP contribution in [-0.2, 0) is 11.2 Å². The van der Waals surface area contributed by atoms with Gasteiger partial charge in [-0.15, -0.1) is 0 Å². The molecular weight excluding hydrogens is 349 g/mol. The summed E-state index contributed by atoms with van der Waals surface area (Å²) >= 11 is 6.22. The highest BCUT2D eigenvalue weighted by Crippen LogP contribution is 2.47. The van der Waals surface area contributed by atoms with Crippen LogP contribution in [0.15, 0.2) is 42.5 Å². The first-order valence-electron chi connectivity index (χ1n) is 9.32. The summed E-state index contributed by atoms with van der Waals surface area (Å²) in [5.74, 6) is 0.181. The van der Waals surface area contributed by atoms with Crippen molar-refractivity contribution in [1.82, 2.24) is 0 Å². The molecule has 0 saturated heterocycles. The molecular formula is C22H23ClFNO. The highest BCUT2D eigenvalue weighted by Gasteiger charge is 2.47. The van der Waals surface area contributed by atoms with Crippen LogP contribution >= 0.6 is 11.6 Å². The Hall–Kier alpha value is -1.71. The Morgan fingerprint density at radius 1 is 1.12 bits per heavy atom. The molecule has 0 spiro atoms. The molecule has 2 aromatic carbocycles. The van der Waals surface area contributed by atoms with Crippen LogP contribution in [0.1, 0.15) is 37.7 Å². The Morgan fingerprint density at radius 2 is 1.81 bits per heavy atom. The van der Waals surface area contributed by atoms with E-state index in [-0.39, 0.29) is 29.5 Å². The maximum atomic E-state index is 15.1. The Balaban J connectivity index is 1.60. The lowest BCUT2D eigenvalue weighted by atomic mass is 9.59. The van der Waals surface area contributed by atoms with Gasteiger partial charge in [-0.05, 0) is 49.7 Å². The summed E-state index contributed by atoms with van der Waals surface area (Å²) in [6.45, 7) is 0. The van der Waals surface area contributed by atoms with Gasteiger partial charge in [-0.3, -0.25) is 4.79 Å². The molecule has 0 radical (unpaired) electrons. The van der Waals surface area contributed by atoms with E-state index in [0.717, 1.165) is 32.1 Å². The number of hydrogen-bond donors (Lipinski definition) is 1. The van der Waals surface area contributed by atoms with Crippen molar-refractivity contribution in [2.24, 2.45) is 17.6 Å². The van der Waals surface area contributed by atoms with Crippen LogP contribution in [0.4, 0.5) is 4.39 Å². The standard InChI is InChI=1S/C22H23ClFNO/c23-19-7-2-1-5-16(19)17-6-3-4-15(21(17)24)13-20(26)18-12-14-8-10-22(18,25)11-9-14/h1-7,14,18H,8-13,25H2. The van der Waals surface area contributed by atoms with Crippen molar-refractivity contribution >= 4 is 17.4 Å². The minimum Gasteiger partial charge on any atom is -0.324 e. The number of fused-ring (bicyclic) bond motifs is 3. The number of benzene rings is 2. The second-order valence-corrected chi connectivity index (χ2v) is 8.27. The van der Waals surface area contributed by atoms with E-state index in [9.17, 15) is 4.79 Å². The predicted molar refractivity (Wildman–Crippen MR) is 103 cm³/mol. The third kappa shape index (κ3) is 3.08. The van der Waals surface area contributed by atoms with Crippen LogP contribution in [-0.4, -0.2) is 11.3 Å². The van der Waals surface area contributed by atoms with E-state index in [0.29, 0.717) is 27.6 Å². The van der Waals surface area contributed by atoms with E-state index < -0.39 is 0 Å². The second-order valence-electron chi connectivity index (χ2n) is 7.87. The Morgan fingerprint density at radius 3 is 2.50 bits per heavy atom. The van der Waals surface area contributed by atoms with E-state index in [1.54, 1.807) is 30.3 Å². The van der Waals surface area contributed by atoms with Gasteiger partial charge in [0, 0.05) is 34.0 Å². The molecule has 0 heterocycles. The van der Waals surface area contributed by atoms with Crippen molar-refractivity contribution < 1.29 is 9.18 Å². The van der Waals surface area contributed by atoms with Gasteiger partial charge in [0.1, 0.15) is 11.6 Å². The molecule has 1 atom stereocenters. The molecule has 2 nitrogen and oxygen atoms in total. The Kier molecular flexibility index (Phi) is 4.62. The summed E-state index contributed by atoms with van der Waals surface area (Å²) in [7, 11) is 0. The molecule has 136 valence electrons. The molecule has 2 bridgehead atoms. The quantitative estimate of drug-likeness (QED) is 0.806. The lowest BCUT2D eigenvalue weighted by Crippen LogP contribution is -2.57. The highest BCUT2D eigenvalue weighted by molar-refractivity contribution is 6.33. The first-order chi connectivity index (χ1) is 12.5. The number of Topliss-reactive ketones (excluding diaryl/α,β-unsaturated/α-hetero) is 1. The molecule has 2 N–H and O–H groups in total. The van der Waals surface area contributed by atoms with Gasteiger partial charge >= 0.3 is 0 Å². The molecule has 3 aliphatic rings. The summed E-state index contributed by atoms with van der Waals surface area (Å²) in [6, 6.07) is 12.4. The number of carbonyl (C=O) groups excluding carboxylic acids is 1. The SMILES string of the molecule is NC12CCC(CC1)CC2C(=O)Cc1cccc(-c2ccccc2Cl)c1F. The topological polar surface area (TPSA) is 43.1 Å². The zero-order valence-electron chi connectivity index (χ0n) is 14.7. The molecule has 0 aromatic heterocycles. The summed E-state index contributed by atoms with van der Waals surface area (Å²) in [5, 5.41) is 0.500. The molecule has 2 aromatic rings. The molecule has 4 heteroatoms. The maximum absolute atomic E-state index is 15.1. The first kappa shape index (κ1) is 17.7. The smallest absolute Gasteiger partial charge is 0.142 e. The molecule has 0 amide bonds. The summed E-state index contributed by atoms with van der Waals surface area (Å²) in [5.41, 5.74) is 7.67. The fraction of sp³-hybridized carbons (Fsp3) is 0.409. The number of carbonyl (C=O) groups is 1. The van der Waals surface area contributed by atoms with Crippen molar-refractivity contribution in [3.05, 3.63) is 58.9 Å². The van der Waals surface area contributed by atoms with Gasteiger partial charge in [-0.2, -0.15) is 0 Å². The third-order valence-corrected chi connectivity index (χ3v) is 6.62. The maximum Gasteiger partial charge on any atom is 0.142 e. The van der Waals surface area contributed by atoms with Crippen molar-refractivity contribution in [2.75, 3.05) is 0 Å². The molecule has 26 heavy (non-hydrogen) atoms. The fourth-order valence-corrected chi connectivity index (χ4v) is 4.97. The third-order valence-electron chi connectivity index (χ3n) is 6.30. The summed E-state index contributed by atoms with van der Waals surface area (Å²) in [4.78, 5) is 13.0. The van der Waals surface area contributed by atoms with Crippen molar-refractivity contribution in [1.29, 1.82) is 0 Å². The molecule has 5 rings (SSSR count). The average Bonchev–Trinajstić information content (AvgIpc) is 2.64. The van der Waals surface area contributed by atoms with Crippen LogP contribution in [0.25, 0.3) is 11.1 Å². The van der Waals surface area contributed by atoms with Gasteiger partial charge in [-0.1, -0.05) is 48.0 Å². The van der Waals surface area contributed by atoms with Crippen LogP contribution in [0, 0.1) is 17.7 Å². The molecule has 3 fully saturated rings. The van der Waals surface area contributed by atoms with Crippen LogP contribution in [0.3, 0.4) is 0 Å². The number of hydrogen-bond acceptors (Lipinski definition) is 2. The molecule has 1 unspecified atom stereocenters. The second kappa shape index (κ2) is 6.79. The Labute approximate surface area is 158 Å². The molecule has 0 aliphatic heterocycles. The number of halogens is 2. The number of nitrogens with two attached hydrogens (primary N) is 1. The minimum atomic E-state index is -0.386. The van der Waals surface area contributed by atoms with Gasteiger partial charge in [0.05, 0.1) is 0 Å². The zero-order chi connectivity index (χ0) is 18.3. The van der Waals surface area contributed by atoms with E-state index in [4.69, 9.17) is 17.3 Å². The fourth-order valence-electron chi connectivity index (χ4n) is 4.73. The van der Waals surface area contributed by atoms with Crippen LogP contribution in [0.5, 0.6) is 0 Å². The summed E-state index contributed by atoms with van der Waals surface area (Å²) < 4.78 is 15.1. The number of ketones is 1. The van der Waals surface area contributed by atoms with Crippen LogP contribution < -0.4 is 5.73 Å². The monoisotopic (exact) mass is 371 g/mol. The van der Waals surface area contributed by atoms with E-state index in [1.165, 1.54) is 0 Å². The van der Waals surface area contributed by atoms with Crippen molar-refractivity contribution in [3.63, 3.8) is 0 Å². The van der Waals surface area contributed by atoms with Crippen molar-refractivity contribution in [3.8, 4) is 11.1 Å². The van der Waals surface area contributed by atoms with Gasteiger partial charge in [0.2, 0.25) is 0 Å². The van der Waals surface area contributed by atoms with Gasteiger partial charge in [0.15, 0.2) is 0 Å². The van der Waals surface area contributed by atoms with Gasteiger partial charge < -0.3 is 5.73 Å². The van der Waals surface area contributed by atoms with Gasteiger partial charge in [-0.25, -0.2) is 4.39 Å². The van der Waals surface area contributed by atoms with E-state index in [1.807, 2.05) is 12.1 Å². The zero-order valence-corrected chi connectivity index (χ0v) is 15.4. The molecule has 3 saturated carbocycles. The highest BCUT2D eigenvalue weighted by atomic mass is 35.5. The van der Waals surface area contributed by atoms with E-state index >= 15 is 4.39 Å². The minimum absolute atomic E-state index is 0.0760.